The molecular formula is C23H34N2O3. The van der Waals surface area contributed by atoms with Gasteiger partial charge < -0.3 is 15.0 Å². The van der Waals surface area contributed by atoms with Crippen molar-refractivity contribution >= 4 is 11.8 Å². The summed E-state index contributed by atoms with van der Waals surface area (Å²) in [5.41, 5.74) is 1.10. The summed E-state index contributed by atoms with van der Waals surface area (Å²) < 4.78 is 6.36. The van der Waals surface area contributed by atoms with E-state index in [4.69, 9.17) is 4.74 Å². The molecule has 1 atom stereocenters. The van der Waals surface area contributed by atoms with Crippen LogP contribution in [-0.4, -0.2) is 48.1 Å². The molecule has 5 nitrogen and oxygen atoms in total. The molecule has 1 aromatic rings. The minimum atomic E-state index is -0.0892. The number of rotatable bonds is 7. The lowest BCUT2D eigenvalue weighted by Gasteiger charge is -2.39. The molecule has 0 saturated carbocycles. The highest BCUT2D eigenvalue weighted by Gasteiger charge is 2.43. The van der Waals surface area contributed by atoms with Gasteiger partial charge in [-0.15, -0.1) is 0 Å². The van der Waals surface area contributed by atoms with E-state index in [1.165, 1.54) is 5.56 Å². The van der Waals surface area contributed by atoms with Crippen LogP contribution in [0.1, 0.15) is 57.9 Å². The van der Waals surface area contributed by atoms with Crippen LogP contribution in [0.3, 0.4) is 0 Å². The highest BCUT2D eigenvalue weighted by molar-refractivity contribution is 5.76. The van der Waals surface area contributed by atoms with Gasteiger partial charge in [-0.25, -0.2) is 0 Å². The van der Waals surface area contributed by atoms with Crippen LogP contribution in [0.15, 0.2) is 30.3 Å². The molecule has 28 heavy (non-hydrogen) atoms. The summed E-state index contributed by atoms with van der Waals surface area (Å²) >= 11 is 0. The number of benzene rings is 1. The zero-order chi connectivity index (χ0) is 20.0. The van der Waals surface area contributed by atoms with Crippen molar-refractivity contribution in [2.45, 2.75) is 70.5 Å². The Morgan fingerprint density at radius 3 is 2.57 bits per heavy atom. The van der Waals surface area contributed by atoms with Crippen molar-refractivity contribution in [1.82, 2.24) is 10.2 Å². The van der Waals surface area contributed by atoms with Gasteiger partial charge in [0.25, 0.3) is 0 Å². The van der Waals surface area contributed by atoms with Crippen LogP contribution in [-0.2, 0) is 20.7 Å². The molecule has 0 aromatic heterocycles. The van der Waals surface area contributed by atoms with E-state index in [-0.39, 0.29) is 23.5 Å². The average molecular weight is 387 g/mol. The third kappa shape index (κ3) is 5.81. The summed E-state index contributed by atoms with van der Waals surface area (Å²) in [5.74, 6) is 0.758. The molecule has 154 valence electrons. The lowest BCUT2D eigenvalue weighted by Crippen LogP contribution is -2.47. The molecule has 5 heteroatoms. The Morgan fingerprint density at radius 2 is 1.89 bits per heavy atom. The highest BCUT2D eigenvalue weighted by Crippen LogP contribution is 2.38. The second-order valence-electron chi connectivity index (χ2n) is 8.73. The number of nitrogens with one attached hydrogen (secondary N) is 1. The molecule has 2 heterocycles. The number of ether oxygens (including phenoxy) is 1. The van der Waals surface area contributed by atoms with E-state index in [9.17, 15) is 9.59 Å². The number of hydrogen-bond donors (Lipinski definition) is 1. The Labute approximate surface area is 168 Å². The third-order valence-corrected chi connectivity index (χ3v) is 5.96. The standard InChI is InChI=1S/C23H34N2O3/c1-18(2)16-22(27)25-14-12-23(13-15-25)11-10-20(28-23)17-24-21(26)9-8-19-6-4-3-5-7-19/h3-7,18,20H,8-17H2,1-2H3,(H,24,26)/t20-/m0/s1. The molecule has 2 aliphatic heterocycles. The first-order valence-corrected chi connectivity index (χ1v) is 10.7. The predicted octanol–water partition coefficient (Wildman–Crippen LogP) is 3.32. The fourth-order valence-electron chi connectivity index (χ4n) is 4.27. The summed E-state index contributed by atoms with van der Waals surface area (Å²) in [7, 11) is 0. The summed E-state index contributed by atoms with van der Waals surface area (Å²) in [6.45, 7) is 6.35. The minimum absolute atomic E-state index is 0.0857. The van der Waals surface area contributed by atoms with Crippen molar-refractivity contribution in [3.8, 4) is 0 Å². The van der Waals surface area contributed by atoms with Gasteiger partial charge in [0.1, 0.15) is 0 Å². The van der Waals surface area contributed by atoms with E-state index < -0.39 is 0 Å². The summed E-state index contributed by atoms with van der Waals surface area (Å²) in [5, 5.41) is 3.04. The first-order valence-electron chi connectivity index (χ1n) is 10.7. The molecule has 3 rings (SSSR count). The van der Waals surface area contributed by atoms with Crippen molar-refractivity contribution in [1.29, 1.82) is 0 Å². The SMILES string of the molecule is CC(C)CC(=O)N1CCC2(CC[C@@H](CNC(=O)CCc3ccccc3)O2)CC1. The third-order valence-electron chi connectivity index (χ3n) is 5.96. The number of piperidine rings is 1. The van der Waals surface area contributed by atoms with Crippen molar-refractivity contribution < 1.29 is 14.3 Å². The topological polar surface area (TPSA) is 58.6 Å². The predicted molar refractivity (Wildman–Crippen MR) is 110 cm³/mol. The zero-order valence-corrected chi connectivity index (χ0v) is 17.3. The van der Waals surface area contributed by atoms with E-state index in [1.54, 1.807) is 0 Å². The Balaban J connectivity index is 1.36. The fraction of sp³-hybridized carbons (Fsp3) is 0.652. The molecule has 2 aliphatic rings. The summed E-state index contributed by atoms with van der Waals surface area (Å²) in [6, 6.07) is 10.1. The Hall–Kier alpha value is -1.88. The molecule has 0 aliphatic carbocycles. The van der Waals surface area contributed by atoms with Crippen LogP contribution in [0, 0.1) is 5.92 Å². The normalized spacial score (nSPS) is 21.2. The van der Waals surface area contributed by atoms with Crippen LogP contribution in [0.5, 0.6) is 0 Å². The Kier molecular flexibility index (Phi) is 7.11. The zero-order valence-electron chi connectivity index (χ0n) is 17.3. The van der Waals surface area contributed by atoms with Gasteiger partial charge in [0.05, 0.1) is 11.7 Å². The average Bonchev–Trinajstić information content (AvgIpc) is 3.08. The molecule has 1 spiro atoms. The fourth-order valence-corrected chi connectivity index (χ4v) is 4.27. The molecule has 2 saturated heterocycles. The second kappa shape index (κ2) is 9.55. The number of likely N-dealkylation sites (tertiary alicyclic amines) is 1. The molecule has 0 bridgehead atoms. The Bertz CT molecular complexity index is 651. The van der Waals surface area contributed by atoms with Gasteiger partial charge in [0.2, 0.25) is 11.8 Å². The van der Waals surface area contributed by atoms with Crippen LogP contribution in [0.25, 0.3) is 0 Å². The van der Waals surface area contributed by atoms with Crippen LogP contribution >= 0.6 is 0 Å². The quantitative estimate of drug-likeness (QED) is 0.782. The monoisotopic (exact) mass is 386 g/mol. The summed E-state index contributed by atoms with van der Waals surface area (Å²) in [6.07, 6.45) is 5.84. The van der Waals surface area contributed by atoms with Gasteiger partial charge in [-0.1, -0.05) is 44.2 Å². The molecule has 1 N–H and O–H groups in total. The van der Waals surface area contributed by atoms with Crippen LogP contribution < -0.4 is 5.32 Å². The van der Waals surface area contributed by atoms with Gasteiger partial charge in [-0.05, 0) is 43.6 Å². The van der Waals surface area contributed by atoms with E-state index >= 15 is 0 Å². The van der Waals surface area contributed by atoms with Gasteiger partial charge in [-0.2, -0.15) is 0 Å². The molecule has 1 aromatic carbocycles. The van der Waals surface area contributed by atoms with Gasteiger partial charge >= 0.3 is 0 Å². The number of aryl methyl sites for hydroxylation is 1. The van der Waals surface area contributed by atoms with E-state index in [1.807, 2.05) is 23.1 Å². The first kappa shape index (κ1) is 20.8. The maximum absolute atomic E-state index is 12.3. The Morgan fingerprint density at radius 1 is 1.18 bits per heavy atom. The molecule has 0 radical (unpaired) electrons. The van der Waals surface area contributed by atoms with Crippen LogP contribution in [0.2, 0.25) is 0 Å². The number of carbonyl (C=O) groups is 2. The number of nitrogens with zero attached hydrogens (tertiary/aromatic N) is 1. The number of hydrogen-bond acceptors (Lipinski definition) is 3. The lowest BCUT2D eigenvalue weighted by atomic mass is 9.88. The van der Waals surface area contributed by atoms with Gasteiger partial charge in [0, 0.05) is 32.5 Å². The molecule has 2 fully saturated rings. The van der Waals surface area contributed by atoms with Crippen molar-refractivity contribution in [2.24, 2.45) is 5.92 Å². The molecular weight excluding hydrogens is 352 g/mol. The van der Waals surface area contributed by atoms with Crippen molar-refractivity contribution in [3.05, 3.63) is 35.9 Å². The van der Waals surface area contributed by atoms with E-state index in [0.717, 1.165) is 45.2 Å². The first-order chi connectivity index (χ1) is 13.5. The minimum Gasteiger partial charge on any atom is -0.370 e. The van der Waals surface area contributed by atoms with E-state index in [2.05, 4.69) is 31.3 Å². The molecule has 0 unspecified atom stereocenters. The number of amides is 2. The van der Waals surface area contributed by atoms with Gasteiger partial charge in [-0.3, -0.25) is 9.59 Å². The van der Waals surface area contributed by atoms with Crippen molar-refractivity contribution in [3.63, 3.8) is 0 Å². The smallest absolute Gasteiger partial charge is 0.222 e. The summed E-state index contributed by atoms with van der Waals surface area (Å²) in [4.78, 5) is 26.4. The van der Waals surface area contributed by atoms with E-state index in [0.29, 0.717) is 25.3 Å². The second-order valence-corrected chi connectivity index (χ2v) is 8.73. The largest absolute Gasteiger partial charge is 0.370 e. The maximum atomic E-state index is 12.3. The lowest BCUT2D eigenvalue weighted by molar-refractivity contribution is -0.138. The maximum Gasteiger partial charge on any atom is 0.222 e. The number of carbonyl (C=O) groups excluding carboxylic acids is 2. The van der Waals surface area contributed by atoms with Crippen LogP contribution in [0.4, 0.5) is 0 Å². The highest BCUT2D eigenvalue weighted by atomic mass is 16.5. The van der Waals surface area contributed by atoms with Crippen molar-refractivity contribution in [2.75, 3.05) is 19.6 Å². The molecule has 2 amide bonds. The van der Waals surface area contributed by atoms with Gasteiger partial charge in [0.15, 0.2) is 0 Å².